The van der Waals surface area contributed by atoms with E-state index in [1.165, 1.54) is 6.92 Å². The molecule has 0 aliphatic carbocycles. The molecule has 0 amide bonds. The first-order chi connectivity index (χ1) is 7.52. The molecule has 0 radical (unpaired) electrons. The fourth-order valence-electron chi connectivity index (χ4n) is 1.47. The SMILES string of the molecule is CC(=O)c1c([N+](=O)[O-])cc2c(c1Cl)OCO2. The molecule has 84 valence electrons. The summed E-state index contributed by atoms with van der Waals surface area (Å²) in [5, 5.41) is 10.7. The number of halogens is 1. The van der Waals surface area contributed by atoms with Gasteiger partial charge in [-0.15, -0.1) is 0 Å². The van der Waals surface area contributed by atoms with E-state index in [-0.39, 0.29) is 34.6 Å². The molecule has 0 aromatic heterocycles. The summed E-state index contributed by atoms with van der Waals surface area (Å²) >= 11 is 5.87. The smallest absolute Gasteiger partial charge is 0.285 e. The lowest BCUT2D eigenvalue weighted by Crippen LogP contribution is -2.01. The van der Waals surface area contributed by atoms with Crippen molar-refractivity contribution in [1.82, 2.24) is 0 Å². The van der Waals surface area contributed by atoms with Gasteiger partial charge in [-0.2, -0.15) is 0 Å². The summed E-state index contributed by atoms with van der Waals surface area (Å²) in [4.78, 5) is 21.4. The number of carbonyl (C=O) groups is 1. The minimum atomic E-state index is -0.676. The van der Waals surface area contributed by atoms with Gasteiger partial charge in [-0.05, 0) is 6.92 Å². The van der Waals surface area contributed by atoms with Crippen molar-refractivity contribution in [2.24, 2.45) is 0 Å². The van der Waals surface area contributed by atoms with Crippen LogP contribution >= 0.6 is 11.6 Å². The van der Waals surface area contributed by atoms with Gasteiger partial charge in [-0.3, -0.25) is 14.9 Å². The number of hydrogen-bond acceptors (Lipinski definition) is 5. The topological polar surface area (TPSA) is 78.7 Å². The average Bonchev–Trinajstić information content (AvgIpc) is 2.64. The molecule has 0 N–H and O–H groups in total. The summed E-state index contributed by atoms with van der Waals surface area (Å²) in [6, 6.07) is 1.14. The summed E-state index contributed by atoms with van der Waals surface area (Å²) in [5.41, 5.74) is -0.530. The molecule has 7 heteroatoms. The minimum absolute atomic E-state index is 0.0619. The standard InChI is InChI=1S/C9H6ClNO5/c1-4(12)7-5(11(13)14)2-6-9(8(7)10)16-3-15-6/h2H,3H2,1H3. The lowest BCUT2D eigenvalue weighted by Gasteiger charge is -2.04. The number of fused-ring (bicyclic) bond motifs is 1. The third-order valence-electron chi connectivity index (χ3n) is 2.13. The molecule has 1 aromatic rings. The van der Waals surface area contributed by atoms with Gasteiger partial charge in [-0.1, -0.05) is 11.6 Å². The zero-order chi connectivity index (χ0) is 11.9. The predicted molar refractivity (Wildman–Crippen MR) is 54.2 cm³/mol. The van der Waals surface area contributed by atoms with Crippen LogP contribution in [-0.2, 0) is 0 Å². The lowest BCUT2D eigenvalue weighted by atomic mass is 10.1. The molecule has 2 rings (SSSR count). The van der Waals surface area contributed by atoms with Crippen LogP contribution in [0.4, 0.5) is 5.69 Å². The van der Waals surface area contributed by atoms with E-state index in [0.29, 0.717) is 0 Å². The Morgan fingerprint density at radius 2 is 2.25 bits per heavy atom. The number of ether oxygens (including phenoxy) is 2. The number of ketones is 1. The number of benzene rings is 1. The van der Waals surface area contributed by atoms with Gasteiger partial charge >= 0.3 is 0 Å². The van der Waals surface area contributed by atoms with Crippen LogP contribution in [-0.4, -0.2) is 17.5 Å². The van der Waals surface area contributed by atoms with E-state index < -0.39 is 10.7 Å². The van der Waals surface area contributed by atoms with Crippen molar-refractivity contribution in [3.63, 3.8) is 0 Å². The fourth-order valence-corrected chi connectivity index (χ4v) is 1.85. The molecule has 1 aromatic carbocycles. The number of hydrogen-bond donors (Lipinski definition) is 0. The van der Waals surface area contributed by atoms with Gasteiger partial charge in [0.2, 0.25) is 6.79 Å². The van der Waals surface area contributed by atoms with Gasteiger partial charge < -0.3 is 9.47 Å². The maximum atomic E-state index is 11.3. The Hall–Kier alpha value is -1.82. The maximum absolute atomic E-state index is 11.3. The number of Topliss-reactive ketones (excluding diaryl/α,β-unsaturated/α-hetero) is 1. The molecule has 0 fully saturated rings. The maximum Gasteiger partial charge on any atom is 0.285 e. The summed E-state index contributed by atoms with van der Waals surface area (Å²) in [5.74, 6) is -0.130. The van der Waals surface area contributed by atoms with E-state index in [9.17, 15) is 14.9 Å². The van der Waals surface area contributed by atoms with Crippen molar-refractivity contribution in [3.05, 3.63) is 26.8 Å². The van der Waals surface area contributed by atoms with Gasteiger partial charge in [0.15, 0.2) is 17.3 Å². The van der Waals surface area contributed by atoms with Gasteiger partial charge in [0.05, 0.1) is 11.0 Å². The Labute approximate surface area is 94.9 Å². The Kier molecular flexibility index (Phi) is 2.43. The molecular formula is C9H6ClNO5. The van der Waals surface area contributed by atoms with Crippen LogP contribution in [0.3, 0.4) is 0 Å². The largest absolute Gasteiger partial charge is 0.453 e. The zero-order valence-corrected chi connectivity index (χ0v) is 8.91. The van der Waals surface area contributed by atoms with Crippen molar-refractivity contribution in [2.75, 3.05) is 6.79 Å². The van der Waals surface area contributed by atoms with E-state index in [2.05, 4.69) is 0 Å². The predicted octanol–water partition coefficient (Wildman–Crippen LogP) is 2.18. The molecule has 6 nitrogen and oxygen atoms in total. The van der Waals surface area contributed by atoms with Crippen molar-refractivity contribution < 1.29 is 19.2 Å². The molecule has 0 spiro atoms. The highest BCUT2D eigenvalue weighted by Gasteiger charge is 2.30. The quantitative estimate of drug-likeness (QED) is 0.452. The number of nitro benzene ring substituents is 1. The highest BCUT2D eigenvalue weighted by Crippen LogP contribution is 2.45. The number of carbonyl (C=O) groups excluding carboxylic acids is 1. The zero-order valence-electron chi connectivity index (χ0n) is 8.15. The van der Waals surface area contributed by atoms with Crippen molar-refractivity contribution >= 4 is 23.1 Å². The van der Waals surface area contributed by atoms with Gasteiger partial charge in [0, 0.05) is 0 Å². The molecule has 0 unspecified atom stereocenters. The molecule has 0 bridgehead atoms. The summed E-state index contributed by atoms with van der Waals surface area (Å²) in [6.07, 6.45) is 0. The monoisotopic (exact) mass is 243 g/mol. The van der Waals surface area contributed by atoms with E-state index in [1.54, 1.807) is 0 Å². The normalized spacial score (nSPS) is 12.6. The Morgan fingerprint density at radius 1 is 1.56 bits per heavy atom. The van der Waals surface area contributed by atoms with Crippen LogP contribution in [0.5, 0.6) is 11.5 Å². The molecule has 0 atom stereocenters. The number of nitro groups is 1. The summed E-state index contributed by atoms with van der Waals surface area (Å²) in [7, 11) is 0. The first-order valence-corrected chi connectivity index (χ1v) is 4.67. The molecule has 16 heavy (non-hydrogen) atoms. The minimum Gasteiger partial charge on any atom is -0.453 e. The summed E-state index contributed by atoms with van der Waals surface area (Å²) in [6.45, 7) is 1.14. The van der Waals surface area contributed by atoms with Crippen LogP contribution in [0.25, 0.3) is 0 Å². The fraction of sp³-hybridized carbons (Fsp3) is 0.222. The van der Waals surface area contributed by atoms with E-state index in [0.717, 1.165) is 6.07 Å². The van der Waals surface area contributed by atoms with Gasteiger partial charge in [-0.25, -0.2) is 0 Å². The molecular weight excluding hydrogens is 238 g/mol. The molecule has 1 aliphatic heterocycles. The Balaban J connectivity index is 2.75. The van der Waals surface area contributed by atoms with Crippen LogP contribution in [0.1, 0.15) is 17.3 Å². The van der Waals surface area contributed by atoms with E-state index in [4.69, 9.17) is 21.1 Å². The second-order valence-electron chi connectivity index (χ2n) is 3.13. The van der Waals surface area contributed by atoms with Crippen LogP contribution in [0.15, 0.2) is 6.07 Å². The molecule has 0 saturated heterocycles. The van der Waals surface area contributed by atoms with Crippen molar-refractivity contribution in [2.45, 2.75) is 6.92 Å². The van der Waals surface area contributed by atoms with Crippen LogP contribution in [0, 0.1) is 10.1 Å². The third-order valence-corrected chi connectivity index (χ3v) is 2.49. The second kappa shape index (κ2) is 3.64. The molecule has 1 heterocycles. The van der Waals surface area contributed by atoms with Gasteiger partial charge in [0.25, 0.3) is 5.69 Å². The Bertz CT molecular complexity index is 499. The van der Waals surface area contributed by atoms with Gasteiger partial charge in [0.1, 0.15) is 10.6 Å². The summed E-state index contributed by atoms with van der Waals surface area (Å²) < 4.78 is 10.0. The lowest BCUT2D eigenvalue weighted by molar-refractivity contribution is -0.385. The van der Waals surface area contributed by atoms with E-state index in [1.807, 2.05) is 0 Å². The third kappa shape index (κ3) is 1.47. The average molecular weight is 244 g/mol. The molecule has 1 aliphatic rings. The van der Waals surface area contributed by atoms with Crippen LogP contribution in [0.2, 0.25) is 5.02 Å². The Morgan fingerprint density at radius 3 is 2.81 bits per heavy atom. The second-order valence-corrected chi connectivity index (χ2v) is 3.51. The van der Waals surface area contributed by atoms with E-state index >= 15 is 0 Å². The highest BCUT2D eigenvalue weighted by atomic mass is 35.5. The first-order valence-electron chi connectivity index (χ1n) is 4.29. The highest BCUT2D eigenvalue weighted by molar-refractivity contribution is 6.36. The number of rotatable bonds is 2. The van der Waals surface area contributed by atoms with Crippen LogP contribution < -0.4 is 9.47 Å². The van der Waals surface area contributed by atoms with Crippen molar-refractivity contribution in [1.29, 1.82) is 0 Å². The van der Waals surface area contributed by atoms with Crippen molar-refractivity contribution in [3.8, 4) is 11.5 Å². The first kappa shape index (κ1) is 10.7. The molecule has 0 saturated carbocycles. The number of nitrogens with zero attached hydrogens (tertiary/aromatic N) is 1.